The number of nitrogens with one attached hydrogen (secondary N) is 1. The first-order valence-electron chi connectivity index (χ1n) is 11.6. The second-order valence-corrected chi connectivity index (χ2v) is 10.6. The van der Waals surface area contributed by atoms with Crippen LogP contribution in [0.25, 0.3) is 0 Å². The molecule has 3 aromatic rings. The Balaban J connectivity index is 1.97. The lowest BCUT2D eigenvalue weighted by Crippen LogP contribution is -2.24. The highest BCUT2D eigenvalue weighted by Gasteiger charge is 2.23. The number of carboxylic acid groups (broad SMARTS) is 1. The van der Waals surface area contributed by atoms with Crippen LogP contribution in [-0.4, -0.2) is 42.9 Å². The minimum absolute atomic E-state index is 0.00751. The summed E-state index contributed by atoms with van der Waals surface area (Å²) < 4.78 is 31.5. The molecule has 188 valence electrons. The van der Waals surface area contributed by atoms with Gasteiger partial charge in [0, 0.05) is 25.8 Å². The first-order valence-corrected chi connectivity index (χ1v) is 13.1. The molecule has 0 radical (unpaired) electrons. The van der Waals surface area contributed by atoms with E-state index in [9.17, 15) is 18.3 Å². The first-order chi connectivity index (χ1) is 16.4. The number of hydrogen-bond acceptors (Lipinski definition) is 5. The Morgan fingerprint density at radius 2 is 1.71 bits per heavy atom. The normalized spacial score (nSPS) is 11.5. The molecule has 2 N–H and O–H groups in total. The van der Waals surface area contributed by atoms with Crippen LogP contribution in [0, 0.1) is 34.6 Å². The van der Waals surface area contributed by atoms with Crippen molar-refractivity contribution in [2.45, 2.75) is 59.4 Å². The molecule has 0 spiro atoms. The van der Waals surface area contributed by atoms with Crippen LogP contribution < -0.4 is 9.62 Å². The van der Waals surface area contributed by atoms with E-state index in [4.69, 9.17) is 0 Å². The minimum atomic E-state index is -3.95. The van der Waals surface area contributed by atoms with Gasteiger partial charge in [0.25, 0.3) is 10.0 Å². The van der Waals surface area contributed by atoms with Crippen molar-refractivity contribution < 1.29 is 18.3 Å². The van der Waals surface area contributed by atoms with Gasteiger partial charge in [-0.1, -0.05) is 17.7 Å². The number of likely N-dealkylation sites (N-methyl/N-ethyl adjacent to an activating group) is 1. The van der Waals surface area contributed by atoms with E-state index in [2.05, 4.69) is 16.7 Å². The smallest absolute Gasteiger partial charge is 0.335 e. The summed E-state index contributed by atoms with van der Waals surface area (Å²) >= 11 is 0. The second-order valence-electron chi connectivity index (χ2n) is 9.01. The lowest BCUT2D eigenvalue weighted by Gasteiger charge is -2.24. The lowest BCUT2D eigenvalue weighted by atomic mass is 10.1. The summed E-state index contributed by atoms with van der Waals surface area (Å²) in [5.41, 5.74) is 6.34. The quantitative estimate of drug-likeness (QED) is 0.446. The van der Waals surface area contributed by atoms with Crippen molar-refractivity contribution in [2.75, 3.05) is 23.2 Å². The van der Waals surface area contributed by atoms with Crippen molar-refractivity contribution in [1.82, 2.24) is 9.78 Å². The van der Waals surface area contributed by atoms with Crippen LogP contribution in [0.2, 0.25) is 0 Å². The van der Waals surface area contributed by atoms with Crippen molar-refractivity contribution in [3.8, 4) is 0 Å². The van der Waals surface area contributed by atoms with Crippen molar-refractivity contribution in [2.24, 2.45) is 0 Å². The van der Waals surface area contributed by atoms with Crippen LogP contribution in [0.1, 0.15) is 50.9 Å². The third-order valence-corrected chi connectivity index (χ3v) is 7.97. The maximum absolute atomic E-state index is 13.4. The summed E-state index contributed by atoms with van der Waals surface area (Å²) in [7, 11) is -2.09. The van der Waals surface area contributed by atoms with Gasteiger partial charge in [-0.15, -0.1) is 0 Å². The average Bonchev–Trinajstić information content (AvgIpc) is 3.03. The van der Waals surface area contributed by atoms with Gasteiger partial charge in [-0.05, 0) is 82.9 Å². The average molecular weight is 499 g/mol. The van der Waals surface area contributed by atoms with Crippen molar-refractivity contribution in [1.29, 1.82) is 0 Å². The molecule has 0 aliphatic carbocycles. The zero-order chi connectivity index (χ0) is 26.1. The van der Waals surface area contributed by atoms with E-state index in [1.807, 2.05) is 49.5 Å². The predicted molar refractivity (Wildman–Crippen MR) is 139 cm³/mol. The molecule has 8 nitrogen and oxygen atoms in total. The van der Waals surface area contributed by atoms with E-state index in [1.165, 1.54) is 12.1 Å². The topological polar surface area (TPSA) is 105 Å². The molecule has 0 aliphatic heterocycles. The molecular formula is C26H34N4O4S. The molecule has 0 amide bonds. The number of nitrogens with zero attached hydrogens (tertiary/aromatic N) is 3. The maximum atomic E-state index is 13.4. The minimum Gasteiger partial charge on any atom is -0.478 e. The number of benzene rings is 2. The summed E-state index contributed by atoms with van der Waals surface area (Å²) in [6, 6.07) is 8.15. The van der Waals surface area contributed by atoms with Crippen LogP contribution in [0.3, 0.4) is 0 Å². The van der Waals surface area contributed by atoms with Gasteiger partial charge in [-0.2, -0.15) is 5.10 Å². The predicted octanol–water partition coefficient (Wildman–Crippen LogP) is 4.62. The lowest BCUT2D eigenvalue weighted by molar-refractivity contribution is 0.0697. The fourth-order valence-corrected chi connectivity index (χ4v) is 6.19. The Hall–Kier alpha value is -3.33. The summed E-state index contributed by atoms with van der Waals surface area (Å²) in [5.74, 6) is -1.12. The summed E-state index contributed by atoms with van der Waals surface area (Å²) in [6.45, 7) is 12.9. The molecule has 0 unspecified atom stereocenters. The third-order valence-electron chi connectivity index (χ3n) is 6.30. The standard InChI is InChI=1S/C26H34N4O4S/c1-8-30-20(6)22(19(5)27-30)11-12-29(7)24-10-9-21(26(31)32)15-23(24)28-35(33,34)25-17(3)13-16(2)14-18(25)4/h9-10,13-15,28H,8,11-12H2,1-7H3,(H,31,32). The zero-order valence-electron chi connectivity index (χ0n) is 21.4. The number of carboxylic acids is 1. The summed E-state index contributed by atoms with van der Waals surface area (Å²) in [5, 5.41) is 14.1. The molecule has 1 aromatic heterocycles. The number of rotatable bonds is 9. The monoisotopic (exact) mass is 498 g/mol. The molecule has 9 heteroatoms. The first kappa shape index (κ1) is 26.3. The van der Waals surface area contributed by atoms with Gasteiger partial charge in [0.05, 0.1) is 27.5 Å². The molecule has 0 saturated heterocycles. The fourth-order valence-electron chi connectivity index (χ4n) is 4.67. The number of sulfonamides is 1. The number of aryl methyl sites for hydroxylation is 5. The van der Waals surface area contributed by atoms with Gasteiger partial charge in [0.2, 0.25) is 0 Å². The van der Waals surface area contributed by atoms with Crippen LogP contribution in [-0.2, 0) is 23.0 Å². The van der Waals surface area contributed by atoms with E-state index in [0.717, 1.165) is 35.5 Å². The third kappa shape index (κ3) is 5.51. The van der Waals surface area contributed by atoms with Crippen LogP contribution in [0.15, 0.2) is 35.2 Å². The van der Waals surface area contributed by atoms with Gasteiger partial charge in [0.1, 0.15) is 0 Å². The zero-order valence-corrected chi connectivity index (χ0v) is 22.2. The van der Waals surface area contributed by atoms with Crippen molar-refractivity contribution >= 4 is 27.4 Å². The van der Waals surface area contributed by atoms with E-state index in [1.54, 1.807) is 19.9 Å². The molecule has 0 bridgehead atoms. The highest BCUT2D eigenvalue weighted by atomic mass is 32.2. The number of carbonyl (C=O) groups is 1. The van der Waals surface area contributed by atoms with Crippen molar-refractivity contribution in [3.63, 3.8) is 0 Å². The van der Waals surface area contributed by atoms with Crippen LogP contribution in [0.4, 0.5) is 11.4 Å². The Morgan fingerprint density at radius 1 is 1.09 bits per heavy atom. The van der Waals surface area contributed by atoms with Crippen LogP contribution >= 0.6 is 0 Å². The van der Waals surface area contributed by atoms with Gasteiger partial charge < -0.3 is 10.0 Å². The Morgan fingerprint density at radius 3 is 2.26 bits per heavy atom. The van der Waals surface area contributed by atoms with Gasteiger partial charge in [0.15, 0.2) is 0 Å². The molecule has 2 aromatic carbocycles. The molecule has 35 heavy (non-hydrogen) atoms. The van der Waals surface area contributed by atoms with Crippen LogP contribution in [0.5, 0.6) is 0 Å². The number of aromatic carboxylic acids is 1. The van der Waals surface area contributed by atoms with Gasteiger partial charge >= 0.3 is 5.97 Å². The van der Waals surface area contributed by atoms with E-state index in [-0.39, 0.29) is 16.1 Å². The molecule has 0 aliphatic rings. The largest absolute Gasteiger partial charge is 0.478 e. The highest BCUT2D eigenvalue weighted by molar-refractivity contribution is 7.92. The summed E-state index contributed by atoms with van der Waals surface area (Å²) in [4.78, 5) is 13.8. The van der Waals surface area contributed by atoms with Crippen molar-refractivity contribution in [3.05, 3.63) is 69.5 Å². The van der Waals surface area contributed by atoms with Gasteiger partial charge in [-0.25, -0.2) is 13.2 Å². The van der Waals surface area contributed by atoms with E-state index >= 15 is 0 Å². The molecule has 3 rings (SSSR count). The highest BCUT2D eigenvalue weighted by Crippen LogP contribution is 2.31. The molecular weight excluding hydrogens is 464 g/mol. The summed E-state index contributed by atoms with van der Waals surface area (Å²) in [6.07, 6.45) is 0.719. The van der Waals surface area contributed by atoms with E-state index in [0.29, 0.717) is 23.4 Å². The maximum Gasteiger partial charge on any atom is 0.335 e. The Kier molecular flexibility index (Phi) is 7.59. The molecule has 1 heterocycles. The van der Waals surface area contributed by atoms with Gasteiger partial charge in [-0.3, -0.25) is 9.40 Å². The molecule has 0 saturated carbocycles. The number of aromatic nitrogens is 2. The SMILES string of the molecule is CCn1nc(C)c(CCN(C)c2ccc(C(=O)O)cc2NS(=O)(=O)c2c(C)cc(C)cc2C)c1C. The molecule has 0 fully saturated rings. The second kappa shape index (κ2) is 10.1. The van der Waals surface area contributed by atoms with E-state index < -0.39 is 16.0 Å². The molecule has 0 atom stereocenters. The Bertz CT molecular complexity index is 1350. The fraction of sp³-hybridized carbons (Fsp3) is 0.385. The Labute approximate surface area is 207 Å². The number of anilines is 2. The number of hydrogen-bond donors (Lipinski definition) is 2.